The topological polar surface area (TPSA) is 85.9 Å². The summed E-state index contributed by atoms with van der Waals surface area (Å²) in [5, 5.41) is 5.40. The molecule has 0 aromatic heterocycles. The predicted octanol–water partition coefficient (Wildman–Crippen LogP) is 4.34. The molecule has 0 radical (unpaired) electrons. The highest BCUT2D eigenvalue weighted by Gasteiger charge is 2.50. The van der Waals surface area contributed by atoms with E-state index in [0.717, 1.165) is 29.8 Å². The Morgan fingerprint density at radius 1 is 0.971 bits per heavy atom. The molecule has 2 fully saturated rings. The lowest BCUT2D eigenvalue weighted by atomic mass is 10.0. The van der Waals surface area contributed by atoms with Crippen LogP contribution in [0.4, 0.5) is 23.7 Å². The molecule has 0 bridgehead atoms. The maximum absolute atomic E-state index is 12.7. The maximum Gasteiger partial charge on any atom is 0.416 e. The van der Waals surface area contributed by atoms with E-state index in [-0.39, 0.29) is 18.8 Å². The summed E-state index contributed by atoms with van der Waals surface area (Å²) < 4.78 is 55.0. The predicted molar refractivity (Wildman–Crippen MR) is 117 cm³/mol. The number of benzene rings is 2. The molecule has 0 saturated carbocycles. The highest BCUT2D eigenvalue weighted by Crippen LogP contribution is 2.31. The van der Waals surface area contributed by atoms with Gasteiger partial charge in [-0.05, 0) is 47.9 Å². The lowest BCUT2D eigenvalue weighted by molar-refractivity contribution is -0.137. The minimum absolute atomic E-state index is 0.0881. The monoisotopic (exact) mass is 478 g/mol. The van der Waals surface area contributed by atoms with Gasteiger partial charge in [-0.3, -0.25) is 10.1 Å². The Bertz CT molecular complexity index is 1020. The van der Waals surface area contributed by atoms with E-state index in [4.69, 9.17) is 14.2 Å². The molecular formula is C24H25F3N2O5. The third kappa shape index (κ3) is 5.34. The van der Waals surface area contributed by atoms with Crippen molar-refractivity contribution >= 4 is 17.7 Å². The number of carbonyl (C=O) groups excluding carboxylic acids is 2. The number of hydrogen-bond donors (Lipinski definition) is 2. The van der Waals surface area contributed by atoms with Crippen LogP contribution in [-0.2, 0) is 20.4 Å². The number of anilines is 1. The van der Waals surface area contributed by atoms with Gasteiger partial charge in [0.1, 0.15) is 12.2 Å². The van der Waals surface area contributed by atoms with Crippen molar-refractivity contribution in [1.29, 1.82) is 0 Å². The number of nitrogens with one attached hydrogen (secondary N) is 2. The van der Waals surface area contributed by atoms with Crippen LogP contribution in [0.2, 0.25) is 0 Å². The second-order valence-corrected chi connectivity index (χ2v) is 8.60. The van der Waals surface area contributed by atoms with E-state index in [9.17, 15) is 22.8 Å². The summed E-state index contributed by atoms with van der Waals surface area (Å²) in [6.45, 7) is 4.38. The highest BCUT2D eigenvalue weighted by atomic mass is 19.4. The van der Waals surface area contributed by atoms with Crippen molar-refractivity contribution in [3.8, 4) is 0 Å². The number of fused-ring (bicyclic) bond motifs is 1. The summed E-state index contributed by atoms with van der Waals surface area (Å²) in [4.78, 5) is 24.8. The standard InChI is InChI=1S/C24H25F3N2O5/c1-13(2)14-5-9-17(10-6-14)28-23(31)34-19-12-33-20-18(11-32-21(19)20)29-22(30)15-3-7-16(8-4-15)24(25,26)27/h3-10,13,18-21H,11-12H2,1-2H3,(H,28,31)(H,29,30)/t18-,19-,20-,21+/m0/s1. The molecular weight excluding hydrogens is 453 g/mol. The number of hydrogen-bond acceptors (Lipinski definition) is 5. The van der Waals surface area contributed by atoms with Crippen LogP contribution < -0.4 is 10.6 Å². The van der Waals surface area contributed by atoms with Crippen LogP contribution in [0.5, 0.6) is 0 Å². The van der Waals surface area contributed by atoms with Crippen LogP contribution in [0.3, 0.4) is 0 Å². The first-order chi connectivity index (χ1) is 16.1. The highest BCUT2D eigenvalue weighted by molar-refractivity contribution is 5.94. The normalized spacial score (nSPS) is 24.1. The average molecular weight is 478 g/mol. The molecule has 0 spiro atoms. The van der Waals surface area contributed by atoms with Crippen molar-refractivity contribution in [2.75, 3.05) is 18.5 Å². The fraction of sp³-hybridized carbons (Fsp3) is 0.417. The average Bonchev–Trinajstić information content (AvgIpc) is 3.37. The lowest BCUT2D eigenvalue weighted by Crippen LogP contribution is -2.44. The van der Waals surface area contributed by atoms with Crippen LogP contribution in [0, 0.1) is 0 Å². The summed E-state index contributed by atoms with van der Waals surface area (Å²) in [6, 6.07) is 10.9. The van der Waals surface area contributed by atoms with Gasteiger partial charge in [0.15, 0.2) is 6.10 Å². The van der Waals surface area contributed by atoms with Gasteiger partial charge in [0.25, 0.3) is 5.91 Å². The maximum atomic E-state index is 12.7. The lowest BCUT2D eigenvalue weighted by Gasteiger charge is -2.18. The van der Waals surface area contributed by atoms with Gasteiger partial charge in [-0.1, -0.05) is 26.0 Å². The van der Waals surface area contributed by atoms with Gasteiger partial charge >= 0.3 is 12.3 Å². The largest absolute Gasteiger partial charge is 0.441 e. The Kier molecular flexibility index (Phi) is 6.81. The van der Waals surface area contributed by atoms with Crippen molar-refractivity contribution in [3.05, 3.63) is 65.2 Å². The van der Waals surface area contributed by atoms with E-state index in [2.05, 4.69) is 24.5 Å². The van der Waals surface area contributed by atoms with Gasteiger partial charge in [0, 0.05) is 11.3 Å². The van der Waals surface area contributed by atoms with Crippen LogP contribution >= 0.6 is 0 Å². The van der Waals surface area contributed by atoms with E-state index in [1.54, 1.807) is 12.1 Å². The molecule has 2 aliphatic heterocycles. The van der Waals surface area contributed by atoms with Crippen molar-refractivity contribution < 1.29 is 37.0 Å². The molecule has 2 heterocycles. The van der Waals surface area contributed by atoms with Crippen molar-refractivity contribution in [1.82, 2.24) is 5.32 Å². The van der Waals surface area contributed by atoms with Crippen molar-refractivity contribution in [2.24, 2.45) is 0 Å². The molecule has 2 aromatic rings. The summed E-state index contributed by atoms with van der Waals surface area (Å²) in [5.74, 6) is -0.167. The van der Waals surface area contributed by atoms with E-state index in [1.165, 1.54) is 0 Å². The third-order valence-electron chi connectivity index (χ3n) is 5.88. The SMILES string of the molecule is CC(C)c1ccc(NC(=O)O[C@H]2CO[C@@H]3[C@@H]2OC[C@@H]3NC(=O)c2ccc(C(F)(F)F)cc2)cc1. The summed E-state index contributed by atoms with van der Waals surface area (Å²) >= 11 is 0. The molecule has 4 atom stereocenters. The zero-order chi connectivity index (χ0) is 24.5. The minimum atomic E-state index is -4.47. The Morgan fingerprint density at radius 2 is 1.62 bits per heavy atom. The first-order valence-corrected chi connectivity index (χ1v) is 10.9. The Morgan fingerprint density at radius 3 is 2.24 bits per heavy atom. The molecule has 0 unspecified atom stereocenters. The van der Waals surface area contributed by atoms with E-state index in [1.807, 2.05) is 12.1 Å². The molecule has 2 amide bonds. The molecule has 2 aliphatic rings. The number of carbonyl (C=O) groups is 2. The van der Waals surface area contributed by atoms with E-state index in [0.29, 0.717) is 11.6 Å². The quantitative estimate of drug-likeness (QED) is 0.668. The fourth-order valence-corrected chi connectivity index (χ4v) is 3.99. The molecule has 4 rings (SSSR count). The van der Waals surface area contributed by atoms with Gasteiger partial charge < -0.3 is 19.5 Å². The molecule has 7 nitrogen and oxygen atoms in total. The molecule has 34 heavy (non-hydrogen) atoms. The smallest absolute Gasteiger partial charge is 0.416 e. The zero-order valence-corrected chi connectivity index (χ0v) is 18.6. The van der Waals surface area contributed by atoms with Crippen molar-refractivity contribution in [2.45, 2.75) is 50.3 Å². The first-order valence-electron chi connectivity index (χ1n) is 10.9. The Hall–Kier alpha value is -3.11. The van der Waals surface area contributed by atoms with Crippen LogP contribution in [-0.4, -0.2) is 49.6 Å². The van der Waals surface area contributed by atoms with Gasteiger partial charge in [0.05, 0.1) is 24.8 Å². The Balaban J connectivity index is 1.30. The van der Waals surface area contributed by atoms with Crippen LogP contribution in [0.15, 0.2) is 48.5 Å². The Labute approximate surface area is 194 Å². The summed E-state index contributed by atoms with van der Waals surface area (Å²) in [5.41, 5.74) is 1.00. The van der Waals surface area contributed by atoms with Gasteiger partial charge in [0.2, 0.25) is 0 Å². The third-order valence-corrected chi connectivity index (χ3v) is 5.88. The number of alkyl halides is 3. The number of amides is 2. The molecule has 0 aliphatic carbocycles. The second-order valence-electron chi connectivity index (χ2n) is 8.60. The van der Waals surface area contributed by atoms with Gasteiger partial charge in [-0.15, -0.1) is 0 Å². The zero-order valence-electron chi connectivity index (χ0n) is 18.6. The minimum Gasteiger partial charge on any atom is -0.441 e. The van der Waals surface area contributed by atoms with Crippen LogP contribution in [0.1, 0.15) is 41.3 Å². The second kappa shape index (κ2) is 9.63. The number of ether oxygens (including phenoxy) is 3. The van der Waals surface area contributed by atoms with Crippen molar-refractivity contribution in [3.63, 3.8) is 0 Å². The van der Waals surface area contributed by atoms with Crippen LogP contribution in [0.25, 0.3) is 0 Å². The molecule has 182 valence electrons. The summed E-state index contributed by atoms with van der Waals surface area (Å²) in [7, 11) is 0. The van der Waals surface area contributed by atoms with E-state index < -0.39 is 48.1 Å². The first kappa shape index (κ1) is 24.0. The molecule has 2 aromatic carbocycles. The molecule has 2 saturated heterocycles. The summed E-state index contributed by atoms with van der Waals surface area (Å²) in [6.07, 6.45) is -6.88. The number of halogens is 3. The van der Waals surface area contributed by atoms with Gasteiger partial charge in [-0.2, -0.15) is 13.2 Å². The molecule has 10 heteroatoms. The van der Waals surface area contributed by atoms with Gasteiger partial charge in [-0.25, -0.2) is 4.79 Å². The molecule has 2 N–H and O–H groups in total. The van der Waals surface area contributed by atoms with E-state index >= 15 is 0 Å². The fourth-order valence-electron chi connectivity index (χ4n) is 3.99. The number of rotatable bonds is 5.